The van der Waals surface area contributed by atoms with E-state index in [9.17, 15) is 0 Å². The van der Waals surface area contributed by atoms with Gasteiger partial charge in [-0.2, -0.15) is 0 Å². The van der Waals surface area contributed by atoms with Crippen LogP contribution in [0.25, 0.3) is 10.9 Å². The molecule has 2 rings (SSSR count). The Bertz CT molecular complexity index is 603. The molecule has 0 aromatic carbocycles. The summed E-state index contributed by atoms with van der Waals surface area (Å²) in [7, 11) is 0. The number of allylic oxidation sites excluding steroid dienone is 2. The van der Waals surface area contributed by atoms with Crippen LogP contribution in [0.5, 0.6) is 0 Å². The maximum atomic E-state index is 4.41. The second-order valence-electron chi connectivity index (χ2n) is 3.87. The molecule has 0 atom stereocenters. The van der Waals surface area contributed by atoms with Crippen molar-refractivity contribution < 1.29 is 0 Å². The Morgan fingerprint density at radius 2 is 2.24 bits per heavy atom. The summed E-state index contributed by atoms with van der Waals surface area (Å²) in [4.78, 5) is 8.54. The lowest BCUT2D eigenvalue weighted by molar-refractivity contribution is 1.17. The third-order valence-corrected chi connectivity index (χ3v) is 2.62. The maximum Gasteiger partial charge on any atom is 0.110 e. The van der Waals surface area contributed by atoms with E-state index in [4.69, 9.17) is 0 Å². The first kappa shape index (κ1) is 11.3. The Morgan fingerprint density at radius 3 is 3.00 bits per heavy atom. The molecule has 0 aliphatic rings. The van der Waals surface area contributed by atoms with Crippen LogP contribution in [0.4, 0.5) is 0 Å². The number of fused-ring (bicyclic) bond motifs is 1. The molecule has 2 heterocycles. The highest BCUT2D eigenvalue weighted by atomic mass is 15.0. The number of hydrogen-bond donors (Lipinski definition) is 0. The van der Waals surface area contributed by atoms with E-state index in [1.54, 1.807) is 12.3 Å². The fourth-order valence-electron chi connectivity index (χ4n) is 1.57. The van der Waals surface area contributed by atoms with Crippen molar-refractivity contribution >= 4 is 16.7 Å². The lowest BCUT2D eigenvalue weighted by atomic mass is 10.3. The lowest BCUT2D eigenvalue weighted by Gasteiger charge is -2.02. The molecule has 0 N–H and O–H groups in total. The number of aliphatic imine (C=N–C) groups is 1. The van der Waals surface area contributed by atoms with Crippen LogP contribution in [0.2, 0.25) is 0 Å². The molecule has 0 saturated carbocycles. The highest BCUT2D eigenvalue weighted by Gasteiger charge is 2.01. The van der Waals surface area contributed by atoms with Crippen LogP contribution >= 0.6 is 0 Å². The number of rotatable bonds is 2. The Morgan fingerprint density at radius 1 is 1.41 bits per heavy atom. The molecule has 0 unspecified atom stereocenters. The minimum absolute atomic E-state index is 0.911. The maximum absolute atomic E-state index is 4.41. The molecule has 0 aliphatic heterocycles. The molecule has 0 radical (unpaired) electrons. The van der Waals surface area contributed by atoms with Gasteiger partial charge in [0.15, 0.2) is 0 Å². The fourth-order valence-corrected chi connectivity index (χ4v) is 1.57. The molecule has 0 fully saturated rings. The molecule has 17 heavy (non-hydrogen) atoms. The smallest absolute Gasteiger partial charge is 0.110 e. The number of pyridine rings is 1. The molecule has 86 valence electrons. The Labute approximate surface area is 101 Å². The van der Waals surface area contributed by atoms with E-state index >= 15 is 0 Å². The fraction of sp³-hybridized carbons (Fsp3) is 0.143. The summed E-state index contributed by atoms with van der Waals surface area (Å²) in [6.45, 7) is 7.64. The summed E-state index contributed by atoms with van der Waals surface area (Å²) < 4.78 is 2.02. The number of hydrogen-bond acceptors (Lipinski definition) is 2. The summed E-state index contributed by atoms with van der Waals surface area (Å²) in [5.74, 6) is 0.911. The minimum Gasteiger partial charge on any atom is -0.303 e. The predicted octanol–water partition coefficient (Wildman–Crippen LogP) is 3.39. The third-order valence-electron chi connectivity index (χ3n) is 2.62. The largest absolute Gasteiger partial charge is 0.303 e. The van der Waals surface area contributed by atoms with Gasteiger partial charge in [-0.25, -0.2) is 4.99 Å². The van der Waals surface area contributed by atoms with Gasteiger partial charge in [0.05, 0.1) is 11.7 Å². The van der Waals surface area contributed by atoms with Crippen molar-refractivity contribution in [2.24, 2.45) is 4.99 Å². The van der Waals surface area contributed by atoms with Gasteiger partial charge in [-0.05, 0) is 31.6 Å². The molecule has 3 nitrogen and oxygen atoms in total. The highest BCUT2D eigenvalue weighted by Crippen LogP contribution is 2.13. The van der Waals surface area contributed by atoms with Gasteiger partial charge in [-0.1, -0.05) is 12.7 Å². The molecule has 2 aromatic heterocycles. The van der Waals surface area contributed by atoms with E-state index in [0.717, 1.165) is 16.9 Å². The summed E-state index contributed by atoms with van der Waals surface area (Å²) in [6.07, 6.45) is 9.23. The summed E-state index contributed by atoms with van der Waals surface area (Å²) >= 11 is 0. The van der Waals surface area contributed by atoms with Crippen molar-refractivity contribution in [3.05, 3.63) is 55.2 Å². The SMILES string of the molecule is C=C/C(C)=C\N=C(/C)n1ccc2ccncc21. The molecule has 2 aromatic rings. The molecule has 3 heteroatoms. The second kappa shape index (κ2) is 4.78. The Balaban J connectivity index is 2.43. The van der Waals surface area contributed by atoms with Gasteiger partial charge < -0.3 is 4.57 Å². The molecular formula is C14H15N3. The molecule has 0 amide bonds. The van der Waals surface area contributed by atoms with Crippen LogP contribution < -0.4 is 0 Å². The zero-order chi connectivity index (χ0) is 12.3. The van der Waals surface area contributed by atoms with Crippen LogP contribution in [0.1, 0.15) is 13.8 Å². The monoisotopic (exact) mass is 225 g/mol. The molecule has 0 spiro atoms. The van der Waals surface area contributed by atoms with Crippen LogP contribution in [0.15, 0.2) is 60.1 Å². The zero-order valence-electron chi connectivity index (χ0n) is 10.1. The second-order valence-corrected chi connectivity index (χ2v) is 3.87. The number of aromatic nitrogens is 2. The van der Waals surface area contributed by atoms with Crippen molar-refractivity contribution in [1.29, 1.82) is 0 Å². The summed E-state index contributed by atoms with van der Waals surface area (Å²) in [5, 5.41) is 1.17. The van der Waals surface area contributed by atoms with Crippen LogP contribution in [-0.4, -0.2) is 15.4 Å². The van der Waals surface area contributed by atoms with Gasteiger partial charge >= 0.3 is 0 Å². The van der Waals surface area contributed by atoms with Gasteiger partial charge in [0, 0.05) is 24.0 Å². The van der Waals surface area contributed by atoms with E-state index in [-0.39, 0.29) is 0 Å². The first-order chi connectivity index (χ1) is 8.22. The van der Waals surface area contributed by atoms with Crippen LogP contribution in [0, 0.1) is 0 Å². The van der Waals surface area contributed by atoms with Crippen LogP contribution in [0.3, 0.4) is 0 Å². The van der Waals surface area contributed by atoms with E-state index in [1.165, 1.54) is 5.39 Å². The highest BCUT2D eigenvalue weighted by molar-refractivity contribution is 5.93. The first-order valence-corrected chi connectivity index (χ1v) is 5.47. The predicted molar refractivity (Wildman–Crippen MR) is 72.2 cm³/mol. The minimum atomic E-state index is 0.911. The van der Waals surface area contributed by atoms with E-state index in [1.807, 2.05) is 43.1 Å². The van der Waals surface area contributed by atoms with Crippen LogP contribution in [-0.2, 0) is 0 Å². The van der Waals surface area contributed by atoms with Gasteiger partial charge in [0.1, 0.15) is 5.84 Å². The third kappa shape index (κ3) is 2.33. The zero-order valence-corrected chi connectivity index (χ0v) is 10.1. The van der Waals surface area contributed by atoms with Gasteiger partial charge in [-0.3, -0.25) is 4.98 Å². The van der Waals surface area contributed by atoms with Gasteiger partial charge in [-0.15, -0.1) is 0 Å². The Hall–Kier alpha value is -2.16. The molecule has 0 bridgehead atoms. The quantitative estimate of drug-likeness (QED) is 0.437. The topological polar surface area (TPSA) is 30.2 Å². The van der Waals surface area contributed by atoms with Crippen molar-refractivity contribution in [3.63, 3.8) is 0 Å². The van der Waals surface area contributed by atoms with Crippen molar-refractivity contribution in [2.45, 2.75) is 13.8 Å². The average Bonchev–Trinajstić information content (AvgIpc) is 2.79. The normalized spacial score (nSPS) is 13.1. The van der Waals surface area contributed by atoms with Gasteiger partial charge in [0.2, 0.25) is 0 Å². The van der Waals surface area contributed by atoms with Crippen molar-refractivity contribution in [3.8, 4) is 0 Å². The Kier molecular flexibility index (Phi) is 3.19. The van der Waals surface area contributed by atoms with Crippen molar-refractivity contribution in [1.82, 2.24) is 9.55 Å². The molecule has 0 aliphatic carbocycles. The van der Waals surface area contributed by atoms with E-state index in [0.29, 0.717) is 0 Å². The van der Waals surface area contributed by atoms with E-state index < -0.39 is 0 Å². The molecule has 0 saturated heterocycles. The van der Waals surface area contributed by atoms with Gasteiger partial charge in [0.25, 0.3) is 0 Å². The average molecular weight is 225 g/mol. The summed E-state index contributed by atoms with van der Waals surface area (Å²) in [5.41, 5.74) is 2.11. The summed E-state index contributed by atoms with van der Waals surface area (Å²) in [6, 6.07) is 4.05. The molecular weight excluding hydrogens is 210 g/mol. The van der Waals surface area contributed by atoms with Crippen molar-refractivity contribution in [2.75, 3.05) is 0 Å². The standard InChI is InChI=1S/C14H15N3/c1-4-11(2)9-16-12(3)17-8-6-13-5-7-15-10-14(13)17/h4-10H,1H2,2-3H3/b11-9-,16-12+. The first-order valence-electron chi connectivity index (χ1n) is 5.47. The lowest BCUT2D eigenvalue weighted by Crippen LogP contribution is -2.04. The van der Waals surface area contributed by atoms with E-state index in [2.05, 4.69) is 22.6 Å². The number of nitrogens with zero attached hydrogens (tertiary/aromatic N) is 3.